The Labute approximate surface area is 221 Å². The number of rotatable bonds is 9. The molecular weight excluding hydrogens is 544 g/mol. The standard InChI is InChI=1S/C27H21BrN2O7/c1-35-23-13-17(12-22(28)24(23)37-15-16-3-5-18(6-4-16)26(32)33)11-20(14-29)25(31)30-21-9-7-19(8-10-21)27(34)36-2/h3-13H,15H2,1-2H3,(H,30,31)(H,32,33)/b20-11+. The molecule has 0 heterocycles. The number of ether oxygens (including phenoxy) is 3. The number of anilines is 1. The zero-order valence-corrected chi connectivity index (χ0v) is 21.4. The van der Waals surface area contributed by atoms with E-state index in [2.05, 4.69) is 26.0 Å². The van der Waals surface area contributed by atoms with Crippen LogP contribution in [0.3, 0.4) is 0 Å². The second-order valence-electron chi connectivity index (χ2n) is 7.52. The van der Waals surface area contributed by atoms with E-state index in [1.165, 1.54) is 56.7 Å². The Morgan fingerprint density at radius 3 is 2.24 bits per heavy atom. The Hall–Kier alpha value is -4.62. The molecule has 0 aliphatic heterocycles. The molecule has 1 amide bonds. The first-order chi connectivity index (χ1) is 17.7. The molecule has 3 aromatic rings. The van der Waals surface area contributed by atoms with Gasteiger partial charge in [-0.15, -0.1) is 0 Å². The summed E-state index contributed by atoms with van der Waals surface area (Å²) < 4.78 is 16.5. The number of carbonyl (C=O) groups is 3. The van der Waals surface area contributed by atoms with E-state index in [4.69, 9.17) is 14.6 Å². The molecule has 0 spiro atoms. The summed E-state index contributed by atoms with van der Waals surface area (Å²) in [6.07, 6.45) is 1.40. The number of amides is 1. The molecule has 0 bridgehead atoms. The molecule has 0 saturated carbocycles. The molecule has 0 radical (unpaired) electrons. The van der Waals surface area contributed by atoms with Gasteiger partial charge in [0.15, 0.2) is 11.5 Å². The molecule has 9 nitrogen and oxygen atoms in total. The number of hydrogen-bond donors (Lipinski definition) is 2. The Morgan fingerprint density at radius 1 is 1.03 bits per heavy atom. The number of carbonyl (C=O) groups excluding carboxylic acids is 2. The number of halogens is 1. The van der Waals surface area contributed by atoms with Crippen molar-refractivity contribution in [1.29, 1.82) is 5.26 Å². The zero-order valence-electron chi connectivity index (χ0n) is 19.8. The molecule has 188 valence electrons. The number of hydrogen-bond acceptors (Lipinski definition) is 7. The van der Waals surface area contributed by atoms with Crippen LogP contribution in [0.4, 0.5) is 5.69 Å². The Balaban J connectivity index is 1.76. The first kappa shape index (κ1) is 27.0. The minimum absolute atomic E-state index is 0.154. The minimum Gasteiger partial charge on any atom is -0.493 e. The van der Waals surface area contributed by atoms with Crippen LogP contribution in [0.25, 0.3) is 6.08 Å². The highest BCUT2D eigenvalue weighted by molar-refractivity contribution is 9.10. The topological polar surface area (TPSA) is 135 Å². The van der Waals surface area contributed by atoms with E-state index < -0.39 is 17.8 Å². The lowest BCUT2D eigenvalue weighted by Gasteiger charge is -2.14. The molecule has 0 aliphatic rings. The lowest BCUT2D eigenvalue weighted by atomic mass is 10.1. The first-order valence-corrected chi connectivity index (χ1v) is 11.5. The summed E-state index contributed by atoms with van der Waals surface area (Å²) in [6, 6.07) is 17.5. The number of benzene rings is 3. The third kappa shape index (κ3) is 6.96. The van der Waals surface area contributed by atoms with Gasteiger partial charge in [-0.25, -0.2) is 9.59 Å². The number of methoxy groups -OCH3 is 2. The van der Waals surface area contributed by atoms with Gasteiger partial charge < -0.3 is 24.6 Å². The Bertz CT molecular complexity index is 1390. The van der Waals surface area contributed by atoms with Crippen molar-refractivity contribution in [2.45, 2.75) is 6.61 Å². The largest absolute Gasteiger partial charge is 0.493 e. The fourth-order valence-electron chi connectivity index (χ4n) is 3.18. The van der Waals surface area contributed by atoms with E-state index in [0.717, 1.165) is 5.56 Å². The fourth-order valence-corrected chi connectivity index (χ4v) is 3.76. The van der Waals surface area contributed by atoms with Crippen LogP contribution in [-0.4, -0.2) is 37.2 Å². The molecule has 0 unspecified atom stereocenters. The molecule has 3 rings (SSSR count). The summed E-state index contributed by atoms with van der Waals surface area (Å²) in [7, 11) is 2.73. The van der Waals surface area contributed by atoms with Gasteiger partial charge in [0, 0.05) is 5.69 Å². The van der Waals surface area contributed by atoms with Crippen molar-refractivity contribution in [1.82, 2.24) is 0 Å². The van der Waals surface area contributed by atoms with E-state index in [1.54, 1.807) is 24.3 Å². The highest BCUT2D eigenvalue weighted by Gasteiger charge is 2.15. The fraction of sp³-hybridized carbons (Fsp3) is 0.111. The van der Waals surface area contributed by atoms with Crippen LogP contribution in [0.5, 0.6) is 11.5 Å². The van der Waals surface area contributed by atoms with Crippen molar-refractivity contribution in [3.63, 3.8) is 0 Å². The van der Waals surface area contributed by atoms with Gasteiger partial charge in [-0.1, -0.05) is 12.1 Å². The molecule has 0 saturated heterocycles. The van der Waals surface area contributed by atoms with Crippen LogP contribution in [-0.2, 0) is 16.1 Å². The van der Waals surface area contributed by atoms with Crippen LogP contribution >= 0.6 is 15.9 Å². The molecule has 0 aromatic heterocycles. The van der Waals surface area contributed by atoms with Crippen molar-refractivity contribution in [2.24, 2.45) is 0 Å². The monoisotopic (exact) mass is 564 g/mol. The van der Waals surface area contributed by atoms with Gasteiger partial charge in [-0.2, -0.15) is 5.26 Å². The quantitative estimate of drug-likeness (QED) is 0.209. The average molecular weight is 565 g/mol. The maximum absolute atomic E-state index is 12.7. The van der Waals surface area contributed by atoms with Crippen LogP contribution in [0, 0.1) is 11.3 Å². The van der Waals surface area contributed by atoms with Gasteiger partial charge in [-0.3, -0.25) is 4.79 Å². The van der Waals surface area contributed by atoms with Crippen molar-refractivity contribution in [3.05, 3.63) is 93.0 Å². The summed E-state index contributed by atoms with van der Waals surface area (Å²) in [6.45, 7) is 0.157. The van der Waals surface area contributed by atoms with Crippen LogP contribution in [0.2, 0.25) is 0 Å². The molecular formula is C27H21BrN2O7. The lowest BCUT2D eigenvalue weighted by molar-refractivity contribution is -0.112. The van der Waals surface area contributed by atoms with Crippen LogP contribution in [0.1, 0.15) is 31.8 Å². The molecule has 10 heteroatoms. The smallest absolute Gasteiger partial charge is 0.337 e. The predicted molar refractivity (Wildman–Crippen MR) is 138 cm³/mol. The first-order valence-electron chi connectivity index (χ1n) is 10.7. The summed E-state index contributed by atoms with van der Waals surface area (Å²) in [5.41, 5.74) is 2.01. The van der Waals surface area contributed by atoms with Gasteiger partial charge >= 0.3 is 11.9 Å². The van der Waals surface area contributed by atoms with E-state index in [0.29, 0.717) is 32.8 Å². The summed E-state index contributed by atoms with van der Waals surface area (Å²) in [4.78, 5) is 35.2. The molecule has 37 heavy (non-hydrogen) atoms. The zero-order chi connectivity index (χ0) is 26.9. The Morgan fingerprint density at radius 2 is 1.68 bits per heavy atom. The Kier molecular flexibility index (Phi) is 9.02. The number of esters is 1. The van der Waals surface area contributed by atoms with Crippen molar-refractivity contribution in [3.8, 4) is 17.6 Å². The molecule has 3 aromatic carbocycles. The number of nitrogens with one attached hydrogen (secondary N) is 1. The highest BCUT2D eigenvalue weighted by atomic mass is 79.9. The highest BCUT2D eigenvalue weighted by Crippen LogP contribution is 2.38. The maximum Gasteiger partial charge on any atom is 0.337 e. The summed E-state index contributed by atoms with van der Waals surface area (Å²) in [5, 5.41) is 21.2. The SMILES string of the molecule is COC(=O)c1ccc(NC(=O)/C(C#N)=C/c2cc(Br)c(OCc3ccc(C(=O)O)cc3)c(OC)c2)cc1. The minimum atomic E-state index is -1.01. The van der Waals surface area contributed by atoms with Crippen molar-refractivity contribution in [2.75, 3.05) is 19.5 Å². The third-order valence-electron chi connectivity index (χ3n) is 5.08. The average Bonchev–Trinajstić information content (AvgIpc) is 2.90. The van der Waals surface area contributed by atoms with Crippen LogP contribution in [0.15, 0.2) is 70.7 Å². The van der Waals surface area contributed by atoms with Crippen LogP contribution < -0.4 is 14.8 Å². The number of nitrogens with zero attached hydrogens (tertiary/aromatic N) is 1. The van der Waals surface area contributed by atoms with Gasteiger partial charge in [0.2, 0.25) is 0 Å². The number of aromatic carboxylic acids is 1. The van der Waals surface area contributed by atoms with E-state index >= 15 is 0 Å². The molecule has 0 aliphatic carbocycles. The molecule has 0 fully saturated rings. The van der Waals surface area contributed by atoms with E-state index in [9.17, 15) is 19.6 Å². The van der Waals surface area contributed by atoms with Gasteiger partial charge in [-0.05, 0) is 81.7 Å². The second kappa shape index (κ2) is 12.4. The van der Waals surface area contributed by atoms with Gasteiger partial charge in [0.05, 0.1) is 29.8 Å². The second-order valence-corrected chi connectivity index (χ2v) is 8.37. The third-order valence-corrected chi connectivity index (χ3v) is 5.66. The van der Waals surface area contributed by atoms with Gasteiger partial charge in [0.1, 0.15) is 18.2 Å². The van der Waals surface area contributed by atoms with Crippen molar-refractivity contribution < 1.29 is 33.7 Å². The summed E-state index contributed by atoms with van der Waals surface area (Å²) in [5.74, 6) is -1.39. The predicted octanol–water partition coefficient (Wildman–Crippen LogP) is 5.07. The van der Waals surface area contributed by atoms with Crippen molar-refractivity contribution >= 4 is 45.5 Å². The maximum atomic E-state index is 12.7. The molecule has 2 N–H and O–H groups in total. The lowest BCUT2D eigenvalue weighted by Crippen LogP contribution is -2.13. The van der Waals surface area contributed by atoms with E-state index in [-0.39, 0.29) is 17.7 Å². The van der Waals surface area contributed by atoms with Gasteiger partial charge in [0.25, 0.3) is 5.91 Å². The number of carboxylic acid groups (broad SMARTS) is 1. The van der Waals surface area contributed by atoms with E-state index in [1.807, 2.05) is 6.07 Å². The molecule has 0 atom stereocenters. The number of nitriles is 1. The normalized spacial score (nSPS) is 10.7. The summed E-state index contributed by atoms with van der Waals surface area (Å²) >= 11 is 3.44. The number of carboxylic acids is 1.